The van der Waals surface area contributed by atoms with Gasteiger partial charge in [0.2, 0.25) is 0 Å². The number of halogens is 6. The van der Waals surface area contributed by atoms with E-state index in [-0.39, 0.29) is 18.8 Å². The first-order chi connectivity index (χ1) is 10.4. The van der Waals surface area contributed by atoms with Crippen LogP contribution in [0.25, 0.3) is 0 Å². The number of hydrogen-bond donors (Lipinski definition) is 1. The molecule has 0 aromatic rings. The minimum atomic E-state index is -6.07. The van der Waals surface area contributed by atoms with Gasteiger partial charge in [-0.25, -0.2) is 0 Å². The summed E-state index contributed by atoms with van der Waals surface area (Å²) in [7, 11) is 0. The van der Waals surface area contributed by atoms with E-state index < -0.39 is 34.9 Å². The molecule has 0 saturated heterocycles. The van der Waals surface area contributed by atoms with Crippen molar-refractivity contribution in [3.63, 3.8) is 0 Å². The van der Waals surface area contributed by atoms with Gasteiger partial charge >= 0.3 is 18.3 Å². The molecule has 144 valence electrons. The lowest BCUT2D eigenvalue weighted by Gasteiger charge is -2.44. The van der Waals surface area contributed by atoms with Crippen LogP contribution in [0.5, 0.6) is 0 Å². The summed E-state index contributed by atoms with van der Waals surface area (Å²) >= 11 is 0. The number of rotatable bonds is 6. The van der Waals surface area contributed by atoms with Gasteiger partial charge in [-0.1, -0.05) is 20.8 Å². The first-order valence-electron chi connectivity index (χ1n) is 7.45. The second-order valence-corrected chi connectivity index (χ2v) is 7.12. The van der Waals surface area contributed by atoms with Crippen molar-refractivity contribution in [3.05, 3.63) is 0 Å². The van der Waals surface area contributed by atoms with Crippen LogP contribution in [0.3, 0.4) is 0 Å². The SMILES string of the molecule is CCC(C)(CC(C)C)C(=O)OC(C)(C)C(O)(C(F)(F)F)C(F)(F)F. The quantitative estimate of drug-likeness (QED) is 0.551. The van der Waals surface area contributed by atoms with Crippen molar-refractivity contribution < 1.29 is 41.0 Å². The maximum Gasteiger partial charge on any atom is 0.430 e. The summed E-state index contributed by atoms with van der Waals surface area (Å²) in [5.74, 6) is -1.25. The fourth-order valence-electron chi connectivity index (χ4n) is 2.55. The molecule has 24 heavy (non-hydrogen) atoms. The summed E-state index contributed by atoms with van der Waals surface area (Å²) in [4.78, 5) is 12.3. The Morgan fingerprint density at radius 1 is 1.00 bits per heavy atom. The lowest BCUT2D eigenvalue weighted by atomic mass is 9.78. The summed E-state index contributed by atoms with van der Waals surface area (Å²) < 4.78 is 82.4. The summed E-state index contributed by atoms with van der Waals surface area (Å²) in [6, 6.07) is 0. The number of alkyl halides is 6. The van der Waals surface area contributed by atoms with E-state index in [0.717, 1.165) is 0 Å². The minimum absolute atomic E-state index is 0.0327. The zero-order valence-corrected chi connectivity index (χ0v) is 14.5. The van der Waals surface area contributed by atoms with Crippen LogP contribution in [0.2, 0.25) is 0 Å². The Bertz CT molecular complexity index is 439. The van der Waals surface area contributed by atoms with E-state index in [4.69, 9.17) is 0 Å². The molecule has 0 amide bonds. The van der Waals surface area contributed by atoms with E-state index in [2.05, 4.69) is 4.74 Å². The van der Waals surface area contributed by atoms with Gasteiger partial charge in [0.25, 0.3) is 5.60 Å². The van der Waals surface area contributed by atoms with Crippen molar-refractivity contribution in [3.8, 4) is 0 Å². The molecule has 0 aromatic heterocycles. The topological polar surface area (TPSA) is 46.5 Å². The second kappa shape index (κ2) is 6.72. The average Bonchev–Trinajstić information content (AvgIpc) is 2.33. The molecule has 1 atom stereocenters. The lowest BCUT2D eigenvalue weighted by Crippen LogP contribution is -2.70. The predicted molar refractivity (Wildman–Crippen MR) is 75.1 cm³/mol. The highest BCUT2D eigenvalue weighted by atomic mass is 19.4. The van der Waals surface area contributed by atoms with Gasteiger partial charge < -0.3 is 9.84 Å². The molecule has 1 N–H and O–H groups in total. The fraction of sp³-hybridized carbons (Fsp3) is 0.933. The number of esters is 1. The van der Waals surface area contributed by atoms with Crippen molar-refractivity contribution >= 4 is 5.97 Å². The molecule has 0 aliphatic heterocycles. The molecule has 3 nitrogen and oxygen atoms in total. The van der Waals surface area contributed by atoms with E-state index >= 15 is 0 Å². The first-order valence-corrected chi connectivity index (χ1v) is 7.45. The van der Waals surface area contributed by atoms with Crippen molar-refractivity contribution in [2.75, 3.05) is 0 Å². The molecule has 0 spiro atoms. The van der Waals surface area contributed by atoms with E-state index in [9.17, 15) is 36.2 Å². The number of carbonyl (C=O) groups excluding carboxylic acids is 1. The summed E-state index contributed by atoms with van der Waals surface area (Å²) in [6.45, 7) is 7.30. The Kier molecular flexibility index (Phi) is 6.45. The highest BCUT2D eigenvalue weighted by Gasteiger charge is 2.78. The molecule has 0 aliphatic carbocycles. The third kappa shape index (κ3) is 4.15. The van der Waals surface area contributed by atoms with Gasteiger partial charge in [0.05, 0.1) is 5.41 Å². The number of ether oxygens (including phenoxy) is 1. The maximum atomic E-state index is 13.0. The van der Waals surface area contributed by atoms with Crippen molar-refractivity contribution in [1.29, 1.82) is 0 Å². The molecule has 0 fully saturated rings. The highest BCUT2D eigenvalue weighted by molar-refractivity contribution is 5.77. The van der Waals surface area contributed by atoms with Crippen LogP contribution in [0.4, 0.5) is 26.3 Å². The smallest absolute Gasteiger partial charge is 0.430 e. The molecular weight excluding hydrogens is 342 g/mol. The van der Waals surface area contributed by atoms with Gasteiger partial charge in [-0.2, -0.15) is 26.3 Å². The van der Waals surface area contributed by atoms with Gasteiger partial charge in [-0.05, 0) is 39.5 Å². The van der Waals surface area contributed by atoms with E-state index in [1.54, 1.807) is 20.8 Å². The average molecular weight is 366 g/mol. The molecule has 0 saturated carbocycles. The zero-order chi connectivity index (χ0) is 19.8. The maximum absolute atomic E-state index is 13.0. The van der Waals surface area contributed by atoms with Crippen molar-refractivity contribution in [2.45, 2.75) is 77.9 Å². The van der Waals surface area contributed by atoms with Gasteiger partial charge in [-0.3, -0.25) is 4.79 Å². The Balaban J connectivity index is 5.85. The number of carbonyl (C=O) groups is 1. The van der Waals surface area contributed by atoms with Crippen LogP contribution in [0.15, 0.2) is 0 Å². The summed E-state index contributed by atoms with van der Waals surface area (Å²) in [6.07, 6.45) is -11.8. The van der Waals surface area contributed by atoms with E-state index in [1.165, 1.54) is 6.92 Å². The fourth-order valence-corrected chi connectivity index (χ4v) is 2.55. The summed E-state index contributed by atoms with van der Waals surface area (Å²) in [5, 5.41) is 9.45. The largest absolute Gasteiger partial charge is 0.455 e. The molecule has 0 heterocycles. The summed E-state index contributed by atoms with van der Waals surface area (Å²) in [5.41, 5.74) is -9.70. The molecule has 1 unspecified atom stereocenters. The van der Waals surface area contributed by atoms with Gasteiger partial charge in [0, 0.05) is 0 Å². The Labute approximate surface area is 137 Å². The molecule has 9 heteroatoms. The highest BCUT2D eigenvalue weighted by Crippen LogP contribution is 2.51. The van der Waals surface area contributed by atoms with Crippen LogP contribution in [0.1, 0.15) is 54.4 Å². The Morgan fingerprint density at radius 2 is 1.38 bits per heavy atom. The molecule has 0 aromatic carbocycles. The van der Waals surface area contributed by atoms with Crippen molar-refractivity contribution in [1.82, 2.24) is 0 Å². The lowest BCUT2D eigenvalue weighted by molar-refractivity contribution is -0.408. The van der Waals surface area contributed by atoms with Crippen molar-refractivity contribution in [2.24, 2.45) is 11.3 Å². The van der Waals surface area contributed by atoms with Crippen LogP contribution >= 0.6 is 0 Å². The molecule has 0 aliphatic rings. The second-order valence-electron chi connectivity index (χ2n) is 7.12. The molecule has 0 radical (unpaired) electrons. The van der Waals surface area contributed by atoms with Crippen LogP contribution in [-0.2, 0) is 9.53 Å². The Morgan fingerprint density at radius 3 is 1.62 bits per heavy atom. The minimum Gasteiger partial charge on any atom is -0.455 e. The molecular formula is C15H24F6O3. The molecule has 0 bridgehead atoms. The Hall–Kier alpha value is -0.990. The van der Waals surface area contributed by atoms with Gasteiger partial charge in [0.15, 0.2) is 5.60 Å². The monoisotopic (exact) mass is 366 g/mol. The van der Waals surface area contributed by atoms with Gasteiger partial charge in [-0.15, -0.1) is 0 Å². The third-order valence-electron chi connectivity index (χ3n) is 4.17. The van der Waals surface area contributed by atoms with Crippen LogP contribution in [0, 0.1) is 11.3 Å². The van der Waals surface area contributed by atoms with E-state index in [0.29, 0.717) is 13.8 Å². The van der Waals surface area contributed by atoms with Crippen LogP contribution < -0.4 is 0 Å². The standard InChI is InChI=1S/C15H24F6O3/c1-7-12(6,8-9(2)3)10(22)24-11(4,5)13(23,14(16,17)18)15(19,20)21/h9,23H,7-8H2,1-6H3. The van der Waals surface area contributed by atoms with Crippen LogP contribution in [-0.4, -0.2) is 34.6 Å². The third-order valence-corrected chi connectivity index (χ3v) is 4.17. The zero-order valence-electron chi connectivity index (χ0n) is 14.5. The normalized spacial score (nSPS) is 16.9. The number of hydrogen-bond acceptors (Lipinski definition) is 3. The van der Waals surface area contributed by atoms with Gasteiger partial charge in [0.1, 0.15) is 0 Å². The number of aliphatic hydroxyl groups is 1. The van der Waals surface area contributed by atoms with E-state index in [1.807, 2.05) is 0 Å². The first kappa shape index (κ1) is 23.0. The molecule has 0 rings (SSSR count). The predicted octanol–water partition coefficient (Wildman–Crippen LogP) is 4.63.